The van der Waals surface area contributed by atoms with Crippen LogP contribution in [0.1, 0.15) is 41.9 Å². The highest BCUT2D eigenvalue weighted by atomic mass is 32.2. The van der Waals surface area contributed by atoms with Crippen LogP contribution in [0.2, 0.25) is 0 Å². The number of hydrogen-bond donors (Lipinski definition) is 1. The van der Waals surface area contributed by atoms with Crippen molar-refractivity contribution in [2.45, 2.75) is 30.4 Å². The molecule has 1 aliphatic heterocycles. The SMILES string of the molecule is O=S(=O)(Cc1cccc(F)c1)N1C[C@@H](CF)[C@H](c2nc(C3CC3)n[nH]2)C1. The van der Waals surface area contributed by atoms with Crippen molar-refractivity contribution in [1.82, 2.24) is 19.5 Å². The molecule has 1 aromatic heterocycles. The lowest BCUT2D eigenvalue weighted by atomic mass is 9.97. The molecule has 2 atom stereocenters. The van der Waals surface area contributed by atoms with Gasteiger partial charge in [0.15, 0.2) is 5.82 Å². The van der Waals surface area contributed by atoms with Crippen LogP contribution in [0.3, 0.4) is 0 Å². The van der Waals surface area contributed by atoms with E-state index in [0.717, 1.165) is 18.7 Å². The lowest BCUT2D eigenvalue weighted by molar-refractivity contribution is 0.346. The first-order chi connectivity index (χ1) is 12.5. The number of nitrogens with one attached hydrogen (secondary N) is 1. The maximum absolute atomic E-state index is 13.5. The summed E-state index contributed by atoms with van der Waals surface area (Å²) in [6, 6.07) is 5.52. The molecule has 0 spiro atoms. The van der Waals surface area contributed by atoms with Gasteiger partial charge < -0.3 is 0 Å². The standard InChI is InChI=1S/C17H20F2N4O2S/c18-7-13-8-23(26(24,25)10-11-2-1-3-14(19)6-11)9-15(13)17-20-16(21-22-17)12-4-5-12/h1-3,6,12-13,15H,4-5,7-10H2,(H,20,21,22)/t13-,15-/m1/s1. The smallest absolute Gasteiger partial charge is 0.218 e. The molecule has 4 rings (SSSR count). The Kier molecular flexibility index (Phi) is 4.52. The van der Waals surface area contributed by atoms with Crippen LogP contribution < -0.4 is 0 Å². The second kappa shape index (κ2) is 6.70. The van der Waals surface area contributed by atoms with E-state index < -0.39 is 28.4 Å². The molecule has 1 aliphatic carbocycles. The van der Waals surface area contributed by atoms with Gasteiger partial charge in [0.2, 0.25) is 10.0 Å². The van der Waals surface area contributed by atoms with E-state index in [0.29, 0.717) is 17.3 Å². The number of aromatic nitrogens is 3. The third kappa shape index (κ3) is 3.50. The van der Waals surface area contributed by atoms with Crippen LogP contribution in [0.15, 0.2) is 24.3 Å². The predicted molar refractivity (Wildman–Crippen MR) is 91.2 cm³/mol. The van der Waals surface area contributed by atoms with Crippen LogP contribution in [-0.4, -0.2) is 47.7 Å². The van der Waals surface area contributed by atoms with Crippen molar-refractivity contribution in [3.63, 3.8) is 0 Å². The highest BCUT2D eigenvalue weighted by Gasteiger charge is 2.41. The highest BCUT2D eigenvalue weighted by molar-refractivity contribution is 7.88. The Morgan fingerprint density at radius 3 is 2.77 bits per heavy atom. The highest BCUT2D eigenvalue weighted by Crippen LogP contribution is 2.39. The molecule has 1 aromatic carbocycles. The van der Waals surface area contributed by atoms with Gasteiger partial charge in [-0.3, -0.25) is 9.49 Å². The normalized spacial score (nSPS) is 24.2. The molecule has 1 saturated carbocycles. The maximum Gasteiger partial charge on any atom is 0.218 e. The monoisotopic (exact) mass is 382 g/mol. The van der Waals surface area contributed by atoms with Gasteiger partial charge >= 0.3 is 0 Å². The molecule has 0 amide bonds. The molecule has 140 valence electrons. The largest absolute Gasteiger partial charge is 0.263 e. The molecule has 0 unspecified atom stereocenters. The van der Waals surface area contributed by atoms with Crippen molar-refractivity contribution in [3.05, 3.63) is 47.3 Å². The van der Waals surface area contributed by atoms with Gasteiger partial charge in [-0.15, -0.1) is 0 Å². The Hall–Kier alpha value is -1.87. The maximum atomic E-state index is 13.5. The quantitative estimate of drug-likeness (QED) is 0.832. The van der Waals surface area contributed by atoms with E-state index in [2.05, 4.69) is 15.2 Å². The first-order valence-electron chi connectivity index (χ1n) is 8.66. The summed E-state index contributed by atoms with van der Waals surface area (Å²) >= 11 is 0. The Morgan fingerprint density at radius 1 is 1.27 bits per heavy atom. The van der Waals surface area contributed by atoms with Crippen molar-refractivity contribution in [1.29, 1.82) is 0 Å². The lowest BCUT2D eigenvalue weighted by Crippen LogP contribution is -2.30. The second-order valence-electron chi connectivity index (χ2n) is 7.08. The van der Waals surface area contributed by atoms with E-state index in [1.807, 2.05) is 0 Å². The molecule has 2 fully saturated rings. The van der Waals surface area contributed by atoms with Crippen molar-refractivity contribution in [2.75, 3.05) is 19.8 Å². The van der Waals surface area contributed by atoms with Crippen molar-refractivity contribution < 1.29 is 17.2 Å². The third-order valence-corrected chi connectivity index (χ3v) is 6.83. The molecule has 0 bridgehead atoms. The van der Waals surface area contributed by atoms with E-state index in [4.69, 9.17) is 0 Å². The molecule has 1 saturated heterocycles. The van der Waals surface area contributed by atoms with Crippen LogP contribution in [0.5, 0.6) is 0 Å². The summed E-state index contributed by atoms with van der Waals surface area (Å²) in [6.07, 6.45) is 2.12. The minimum Gasteiger partial charge on any atom is -0.263 e. The summed E-state index contributed by atoms with van der Waals surface area (Å²) in [5, 5.41) is 7.05. The first-order valence-corrected chi connectivity index (χ1v) is 10.3. The summed E-state index contributed by atoms with van der Waals surface area (Å²) in [6.45, 7) is -0.375. The molecule has 2 heterocycles. The van der Waals surface area contributed by atoms with Crippen LogP contribution in [0.4, 0.5) is 8.78 Å². The molecule has 9 heteroatoms. The zero-order valence-corrected chi connectivity index (χ0v) is 14.9. The molecule has 6 nitrogen and oxygen atoms in total. The van der Waals surface area contributed by atoms with Gasteiger partial charge in [-0.25, -0.2) is 22.1 Å². The molecule has 1 N–H and O–H groups in total. The third-order valence-electron chi connectivity index (χ3n) is 5.05. The van der Waals surface area contributed by atoms with E-state index in [9.17, 15) is 17.2 Å². The fourth-order valence-corrected chi connectivity index (χ4v) is 5.02. The fourth-order valence-electron chi connectivity index (χ4n) is 3.43. The zero-order valence-electron chi connectivity index (χ0n) is 14.1. The Bertz CT molecular complexity index is 898. The number of alkyl halides is 1. The number of H-pyrrole nitrogens is 1. The molecular formula is C17H20F2N4O2S. The van der Waals surface area contributed by atoms with Gasteiger partial charge in [-0.1, -0.05) is 12.1 Å². The second-order valence-corrected chi connectivity index (χ2v) is 9.05. The Morgan fingerprint density at radius 2 is 2.08 bits per heavy atom. The first kappa shape index (κ1) is 17.5. The van der Waals surface area contributed by atoms with Gasteiger partial charge in [0, 0.05) is 30.8 Å². The molecule has 26 heavy (non-hydrogen) atoms. The number of aromatic amines is 1. The minimum atomic E-state index is -3.67. The number of halogens is 2. The predicted octanol–water partition coefficient (Wildman–Crippen LogP) is 2.34. The van der Waals surface area contributed by atoms with Crippen LogP contribution >= 0.6 is 0 Å². The van der Waals surface area contributed by atoms with Gasteiger partial charge in [0.1, 0.15) is 11.6 Å². The summed E-state index contributed by atoms with van der Waals surface area (Å²) in [4.78, 5) is 4.46. The van der Waals surface area contributed by atoms with Crippen LogP contribution in [0.25, 0.3) is 0 Å². The topological polar surface area (TPSA) is 79.0 Å². The van der Waals surface area contributed by atoms with E-state index in [1.54, 1.807) is 6.07 Å². The summed E-state index contributed by atoms with van der Waals surface area (Å²) in [5.74, 6) is 0.0717. The van der Waals surface area contributed by atoms with Crippen LogP contribution in [0, 0.1) is 11.7 Å². The van der Waals surface area contributed by atoms with Gasteiger partial charge in [-0.05, 0) is 30.5 Å². The van der Waals surface area contributed by atoms with Crippen molar-refractivity contribution in [2.24, 2.45) is 5.92 Å². The average Bonchev–Trinajstić information content (AvgIpc) is 3.17. The molecular weight excluding hydrogens is 362 g/mol. The minimum absolute atomic E-state index is 0.0955. The summed E-state index contributed by atoms with van der Waals surface area (Å²) in [7, 11) is -3.67. The summed E-state index contributed by atoms with van der Waals surface area (Å²) in [5.41, 5.74) is 0.376. The lowest BCUT2D eigenvalue weighted by Gasteiger charge is -2.16. The molecule has 2 aromatic rings. The number of rotatable bonds is 6. The Labute approximate surface area is 150 Å². The zero-order chi connectivity index (χ0) is 18.3. The molecule has 0 radical (unpaired) electrons. The van der Waals surface area contributed by atoms with Gasteiger partial charge in [0.25, 0.3) is 0 Å². The fraction of sp³-hybridized carbons (Fsp3) is 0.529. The molecule has 2 aliphatic rings. The number of hydrogen-bond acceptors (Lipinski definition) is 4. The van der Waals surface area contributed by atoms with Crippen molar-refractivity contribution in [3.8, 4) is 0 Å². The number of nitrogens with zero attached hydrogens (tertiary/aromatic N) is 3. The van der Waals surface area contributed by atoms with Gasteiger partial charge in [0.05, 0.1) is 12.4 Å². The number of sulfonamides is 1. The summed E-state index contributed by atoms with van der Waals surface area (Å²) < 4.78 is 53.5. The van der Waals surface area contributed by atoms with E-state index >= 15 is 0 Å². The average molecular weight is 382 g/mol. The van der Waals surface area contributed by atoms with Crippen molar-refractivity contribution >= 4 is 10.0 Å². The van der Waals surface area contributed by atoms with Gasteiger partial charge in [-0.2, -0.15) is 5.10 Å². The van der Waals surface area contributed by atoms with E-state index in [1.165, 1.54) is 22.5 Å². The Balaban J connectivity index is 1.51. The van der Waals surface area contributed by atoms with E-state index in [-0.39, 0.29) is 24.8 Å². The van der Waals surface area contributed by atoms with Crippen LogP contribution in [-0.2, 0) is 15.8 Å². The number of benzene rings is 1.